The predicted molar refractivity (Wildman–Crippen MR) is 104 cm³/mol. The van der Waals surface area contributed by atoms with E-state index in [0.717, 1.165) is 13.0 Å². The molecule has 5 heteroatoms. The zero-order valence-corrected chi connectivity index (χ0v) is 15.8. The molecule has 0 aliphatic carbocycles. The van der Waals surface area contributed by atoms with Crippen molar-refractivity contribution in [3.05, 3.63) is 71.8 Å². The Kier molecular flexibility index (Phi) is 6.24. The number of nitrogens with zero attached hydrogens (tertiary/aromatic N) is 1. The Morgan fingerprint density at radius 3 is 2.37 bits per heavy atom. The standard InChI is InChI=1S/C22H26N2O3/c1-16-13-14-24(2)15-19(16)27-22(26)20(17-9-5-3-6-10-17)23-21(25)18-11-7-4-8-12-18/h3-12,16,19-20H,13-15H2,1-2H3,(H,23,25)/t16?,19-,20?/m0/s1. The summed E-state index contributed by atoms with van der Waals surface area (Å²) < 4.78 is 5.83. The minimum Gasteiger partial charge on any atom is -0.459 e. The van der Waals surface area contributed by atoms with Crippen LogP contribution in [0.15, 0.2) is 60.7 Å². The molecule has 1 N–H and O–H groups in total. The second kappa shape index (κ2) is 8.82. The molecule has 1 fully saturated rings. The Hall–Kier alpha value is -2.66. The van der Waals surface area contributed by atoms with Gasteiger partial charge in [-0.2, -0.15) is 0 Å². The fourth-order valence-corrected chi connectivity index (χ4v) is 3.29. The zero-order valence-electron chi connectivity index (χ0n) is 15.8. The molecule has 1 saturated heterocycles. The van der Waals surface area contributed by atoms with E-state index in [1.165, 1.54) is 0 Å². The molecule has 1 amide bonds. The molecule has 142 valence electrons. The van der Waals surface area contributed by atoms with E-state index in [4.69, 9.17) is 4.74 Å². The molecule has 0 radical (unpaired) electrons. The third kappa shape index (κ3) is 4.95. The minimum absolute atomic E-state index is 0.170. The maximum atomic E-state index is 13.0. The Morgan fingerprint density at radius 2 is 1.70 bits per heavy atom. The molecule has 0 saturated carbocycles. The van der Waals surface area contributed by atoms with Crippen LogP contribution in [0, 0.1) is 5.92 Å². The second-order valence-electron chi connectivity index (χ2n) is 7.19. The number of likely N-dealkylation sites (tertiary alicyclic amines) is 1. The van der Waals surface area contributed by atoms with Crippen LogP contribution in [-0.4, -0.2) is 43.0 Å². The van der Waals surface area contributed by atoms with Crippen LogP contribution < -0.4 is 5.32 Å². The first-order valence-corrected chi connectivity index (χ1v) is 9.34. The summed E-state index contributed by atoms with van der Waals surface area (Å²) in [7, 11) is 2.03. The second-order valence-corrected chi connectivity index (χ2v) is 7.19. The van der Waals surface area contributed by atoms with Gasteiger partial charge in [-0.1, -0.05) is 55.5 Å². The Morgan fingerprint density at radius 1 is 1.07 bits per heavy atom. The Balaban J connectivity index is 1.77. The van der Waals surface area contributed by atoms with Crippen molar-refractivity contribution in [1.29, 1.82) is 0 Å². The monoisotopic (exact) mass is 366 g/mol. The van der Waals surface area contributed by atoms with Gasteiger partial charge in [-0.05, 0) is 43.6 Å². The number of rotatable bonds is 5. The average molecular weight is 366 g/mol. The third-order valence-electron chi connectivity index (χ3n) is 5.04. The van der Waals surface area contributed by atoms with Crippen LogP contribution in [-0.2, 0) is 9.53 Å². The van der Waals surface area contributed by atoms with Gasteiger partial charge in [0.2, 0.25) is 0 Å². The van der Waals surface area contributed by atoms with Crippen LogP contribution in [0.4, 0.5) is 0 Å². The number of hydrogen-bond donors (Lipinski definition) is 1. The Labute approximate surface area is 160 Å². The first kappa shape index (κ1) is 19.1. The van der Waals surface area contributed by atoms with Gasteiger partial charge in [0.15, 0.2) is 6.04 Å². The summed E-state index contributed by atoms with van der Waals surface area (Å²) in [4.78, 5) is 27.8. The van der Waals surface area contributed by atoms with Crippen molar-refractivity contribution in [1.82, 2.24) is 10.2 Å². The fraction of sp³-hybridized carbons (Fsp3) is 0.364. The lowest BCUT2D eigenvalue weighted by molar-refractivity contribution is -0.157. The molecule has 1 heterocycles. The number of hydrogen-bond acceptors (Lipinski definition) is 4. The molecule has 0 spiro atoms. The van der Waals surface area contributed by atoms with E-state index >= 15 is 0 Å². The molecule has 1 aliphatic heterocycles. The molecule has 5 nitrogen and oxygen atoms in total. The molecule has 2 aromatic carbocycles. The van der Waals surface area contributed by atoms with Gasteiger partial charge >= 0.3 is 5.97 Å². The molecule has 3 atom stereocenters. The van der Waals surface area contributed by atoms with Gasteiger partial charge in [-0.3, -0.25) is 4.79 Å². The highest BCUT2D eigenvalue weighted by Crippen LogP contribution is 2.22. The first-order chi connectivity index (χ1) is 13.0. The highest BCUT2D eigenvalue weighted by atomic mass is 16.5. The van der Waals surface area contributed by atoms with E-state index < -0.39 is 12.0 Å². The van der Waals surface area contributed by atoms with Gasteiger partial charge in [-0.25, -0.2) is 4.79 Å². The van der Waals surface area contributed by atoms with E-state index in [2.05, 4.69) is 17.1 Å². The number of benzene rings is 2. The predicted octanol–water partition coefficient (Wildman–Crippen LogP) is 3.04. The minimum atomic E-state index is -0.835. The van der Waals surface area contributed by atoms with Crippen LogP contribution in [0.5, 0.6) is 0 Å². The summed E-state index contributed by atoms with van der Waals surface area (Å²) in [5.41, 5.74) is 1.22. The van der Waals surface area contributed by atoms with Gasteiger partial charge in [0.05, 0.1) is 0 Å². The molecular formula is C22H26N2O3. The van der Waals surface area contributed by atoms with Crippen LogP contribution in [0.25, 0.3) is 0 Å². The summed E-state index contributed by atoms with van der Waals surface area (Å²) in [5, 5.41) is 2.84. The highest BCUT2D eigenvalue weighted by molar-refractivity contribution is 5.97. The zero-order chi connectivity index (χ0) is 19.2. The molecule has 1 aliphatic rings. The number of carbonyl (C=O) groups is 2. The molecule has 27 heavy (non-hydrogen) atoms. The lowest BCUT2D eigenvalue weighted by atomic mass is 9.96. The molecular weight excluding hydrogens is 340 g/mol. The van der Waals surface area contributed by atoms with Gasteiger partial charge in [0, 0.05) is 12.1 Å². The highest BCUT2D eigenvalue weighted by Gasteiger charge is 2.32. The van der Waals surface area contributed by atoms with Crippen LogP contribution in [0.2, 0.25) is 0 Å². The SMILES string of the molecule is CC1CCN(C)C[C@@H]1OC(=O)C(NC(=O)c1ccccc1)c1ccccc1. The maximum absolute atomic E-state index is 13.0. The summed E-state index contributed by atoms with van der Waals surface area (Å²) >= 11 is 0. The quantitative estimate of drug-likeness (QED) is 0.827. The van der Waals surface area contributed by atoms with Crippen molar-refractivity contribution in [2.75, 3.05) is 20.1 Å². The van der Waals surface area contributed by atoms with E-state index in [-0.39, 0.29) is 12.0 Å². The number of likely N-dealkylation sites (N-methyl/N-ethyl adjacent to an activating group) is 1. The van der Waals surface area contributed by atoms with Crippen molar-refractivity contribution >= 4 is 11.9 Å². The summed E-state index contributed by atoms with van der Waals surface area (Å²) in [5.74, 6) is -0.417. The van der Waals surface area contributed by atoms with Gasteiger partial charge < -0.3 is 15.0 Å². The van der Waals surface area contributed by atoms with Crippen molar-refractivity contribution < 1.29 is 14.3 Å². The lowest BCUT2D eigenvalue weighted by Gasteiger charge is -2.35. The molecule has 2 unspecified atom stereocenters. The van der Waals surface area contributed by atoms with Crippen LogP contribution in [0.3, 0.4) is 0 Å². The van der Waals surface area contributed by atoms with Gasteiger partial charge in [0.1, 0.15) is 6.10 Å². The van der Waals surface area contributed by atoms with Gasteiger partial charge in [0.25, 0.3) is 5.91 Å². The van der Waals surface area contributed by atoms with E-state index in [9.17, 15) is 9.59 Å². The van der Waals surface area contributed by atoms with Crippen molar-refractivity contribution in [2.24, 2.45) is 5.92 Å². The molecule has 0 bridgehead atoms. The van der Waals surface area contributed by atoms with Gasteiger partial charge in [-0.15, -0.1) is 0 Å². The first-order valence-electron chi connectivity index (χ1n) is 9.34. The third-order valence-corrected chi connectivity index (χ3v) is 5.04. The molecule has 3 rings (SSSR count). The number of amides is 1. The van der Waals surface area contributed by atoms with Crippen molar-refractivity contribution in [3.63, 3.8) is 0 Å². The number of carbonyl (C=O) groups excluding carboxylic acids is 2. The smallest absolute Gasteiger partial charge is 0.333 e. The summed E-state index contributed by atoms with van der Waals surface area (Å²) in [6.07, 6.45) is 0.817. The molecule has 0 aromatic heterocycles. The van der Waals surface area contributed by atoms with E-state index in [0.29, 0.717) is 23.6 Å². The topological polar surface area (TPSA) is 58.6 Å². The van der Waals surface area contributed by atoms with Crippen molar-refractivity contribution in [3.8, 4) is 0 Å². The number of nitrogens with one attached hydrogen (secondary N) is 1. The van der Waals surface area contributed by atoms with Crippen LogP contribution >= 0.6 is 0 Å². The molecule has 2 aromatic rings. The number of esters is 1. The van der Waals surface area contributed by atoms with Crippen molar-refractivity contribution in [2.45, 2.75) is 25.5 Å². The summed E-state index contributed by atoms with van der Waals surface area (Å²) in [6.45, 7) is 3.81. The number of piperidine rings is 1. The fourth-order valence-electron chi connectivity index (χ4n) is 3.29. The summed E-state index contributed by atoms with van der Waals surface area (Å²) in [6, 6.07) is 17.3. The lowest BCUT2D eigenvalue weighted by Crippen LogP contribution is -2.45. The van der Waals surface area contributed by atoms with Crippen LogP contribution in [0.1, 0.15) is 35.3 Å². The van der Waals surface area contributed by atoms with E-state index in [1.54, 1.807) is 24.3 Å². The number of ether oxygens (including phenoxy) is 1. The Bertz CT molecular complexity index is 764. The average Bonchev–Trinajstić information content (AvgIpc) is 2.70. The largest absolute Gasteiger partial charge is 0.459 e. The van der Waals surface area contributed by atoms with E-state index in [1.807, 2.05) is 43.4 Å². The maximum Gasteiger partial charge on any atom is 0.333 e. The normalized spacial score (nSPS) is 21.3.